The van der Waals surface area contributed by atoms with Gasteiger partial charge in [-0.2, -0.15) is 10.1 Å². The van der Waals surface area contributed by atoms with E-state index in [1.807, 2.05) is 35.1 Å². The average molecular weight is 465 g/mol. The van der Waals surface area contributed by atoms with E-state index in [9.17, 15) is 9.59 Å². The summed E-state index contributed by atoms with van der Waals surface area (Å²) in [7, 11) is 0. The first-order valence-electron chi connectivity index (χ1n) is 12.0. The van der Waals surface area contributed by atoms with E-state index in [0.29, 0.717) is 31.2 Å². The second-order valence-corrected chi connectivity index (χ2v) is 8.99. The third-order valence-electron chi connectivity index (χ3n) is 6.22. The predicted molar refractivity (Wildman–Crippen MR) is 125 cm³/mol. The van der Waals surface area contributed by atoms with Crippen LogP contribution in [-0.4, -0.2) is 31.7 Å². The molecule has 1 aliphatic rings. The first-order chi connectivity index (χ1) is 16.5. The number of carbonyl (C=O) groups excluding carboxylic acids is 2. The molecule has 0 radical (unpaired) electrons. The Morgan fingerprint density at radius 1 is 1.12 bits per heavy atom. The van der Waals surface area contributed by atoms with Crippen molar-refractivity contribution in [1.82, 2.24) is 30.6 Å². The van der Waals surface area contributed by atoms with Crippen LogP contribution in [0.1, 0.15) is 74.7 Å². The Kier molecular flexibility index (Phi) is 7.72. The molecule has 180 valence electrons. The first-order valence-corrected chi connectivity index (χ1v) is 12.0. The van der Waals surface area contributed by atoms with Gasteiger partial charge in [-0.1, -0.05) is 55.1 Å². The van der Waals surface area contributed by atoms with Crippen LogP contribution < -0.4 is 10.6 Å². The van der Waals surface area contributed by atoms with Crippen molar-refractivity contribution in [3.63, 3.8) is 0 Å². The molecule has 4 rings (SSSR count). The Bertz CT molecular complexity index is 1080. The van der Waals surface area contributed by atoms with Crippen LogP contribution in [0.3, 0.4) is 0 Å². The predicted octanol–water partition coefficient (Wildman–Crippen LogP) is 3.25. The van der Waals surface area contributed by atoms with Crippen molar-refractivity contribution in [2.24, 2.45) is 0 Å². The molecular weight excluding hydrogens is 432 g/mol. The van der Waals surface area contributed by atoms with Gasteiger partial charge < -0.3 is 15.2 Å². The Hall–Kier alpha value is -3.49. The molecule has 0 bridgehead atoms. The largest absolute Gasteiger partial charge is 0.352 e. The molecule has 2 aromatic heterocycles. The summed E-state index contributed by atoms with van der Waals surface area (Å²) in [5, 5.41) is 14.4. The van der Waals surface area contributed by atoms with Crippen molar-refractivity contribution < 1.29 is 14.1 Å². The van der Waals surface area contributed by atoms with E-state index in [1.165, 1.54) is 6.92 Å². The molecule has 0 spiro atoms. The molecule has 34 heavy (non-hydrogen) atoms. The molecule has 0 atom stereocenters. The minimum absolute atomic E-state index is 0.0803. The van der Waals surface area contributed by atoms with E-state index in [4.69, 9.17) is 4.52 Å². The van der Waals surface area contributed by atoms with Crippen molar-refractivity contribution in [1.29, 1.82) is 0 Å². The summed E-state index contributed by atoms with van der Waals surface area (Å²) < 4.78 is 7.31. The number of amides is 2. The van der Waals surface area contributed by atoms with Gasteiger partial charge in [0.25, 0.3) is 0 Å². The minimum Gasteiger partial charge on any atom is -0.352 e. The number of rotatable bonds is 9. The number of aromatic nitrogens is 4. The molecule has 0 unspecified atom stereocenters. The standard InChI is InChI=1S/C25H32N6O3/c1-19(32)29-25(12-4-2-3-5-13-25)24-28-23(34-30-24)11-10-22(33)26-17-20-8-6-9-21(16-20)18-31-15-7-14-27-31/h6-9,14-16H,2-5,10-13,17-18H2,1H3,(H,26,33)(H,29,32). The van der Waals surface area contributed by atoms with E-state index in [-0.39, 0.29) is 18.2 Å². The molecule has 9 heteroatoms. The summed E-state index contributed by atoms with van der Waals surface area (Å²) in [5.41, 5.74) is 1.58. The number of carbonyl (C=O) groups is 2. The quantitative estimate of drug-likeness (QED) is 0.470. The fourth-order valence-corrected chi connectivity index (χ4v) is 4.55. The van der Waals surface area contributed by atoms with Crippen LogP contribution in [0, 0.1) is 0 Å². The van der Waals surface area contributed by atoms with Gasteiger partial charge in [-0.3, -0.25) is 14.3 Å². The molecule has 9 nitrogen and oxygen atoms in total. The highest BCUT2D eigenvalue weighted by atomic mass is 16.5. The molecule has 1 aromatic carbocycles. The normalized spacial score (nSPS) is 15.4. The van der Waals surface area contributed by atoms with Crippen LogP contribution in [0.4, 0.5) is 0 Å². The number of aryl methyl sites for hydroxylation is 1. The minimum atomic E-state index is -0.576. The number of hydrogen-bond donors (Lipinski definition) is 2. The fourth-order valence-electron chi connectivity index (χ4n) is 4.55. The summed E-state index contributed by atoms with van der Waals surface area (Å²) in [5.74, 6) is 0.763. The lowest BCUT2D eigenvalue weighted by molar-refractivity contribution is -0.122. The Balaban J connectivity index is 1.29. The van der Waals surface area contributed by atoms with Crippen LogP contribution in [0.25, 0.3) is 0 Å². The molecule has 2 N–H and O–H groups in total. The van der Waals surface area contributed by atoms with E-state index >= 15 is 0 Å². The maximum absolute atomic E-state index is 12.4. The zero-order chi connectivity index (χ0) is 23.8. The molecule has 0 saturated heterocycles. The highest BCUT2D eigenvalue weighted by Crippen LogP contribution is 2.34. The summed E-state index contributed by atoms with van der Waals surface area (Å²) in [6.07, 6.45) is 10.2. The number of nitrogens with zero attached hydrogens (tertiary/aromatic N) is 4. The molecule has 3 aromatic rings. The summed E-state index contributed by atoms with van der Waals surface area (Å²) >= 11 is 0. The zero-order valence-corrected chi connectivity index (χ0v) is 19.6. The summed E-state index contributed by atoms with van der Waals surface area (Å²) in [6.45, 7) is 2.66. The summed E-state index contributed by atoms with van der Waals surface area (Å²) in [6, 6.07) is 9.99. The van der Waals surface area contributed by atoms with E-state index < -0.39 is 5.54 Å². The molecule has 1 aliphatic carbocycles. The Morgan fingerprint density at radius 2 is 1.91 bits per heavy atom. The first kappa shape index (κ1) is 23.7. The van der Waals surface area contributed by atoms with Crippen molar-refractivity contribution in [3.05, 3.63) is 65.6 Å². The number of nitrogens with one attached hydrogen (secondary N) is 2. The molecular formula is C25H32N6O3. The van der Waals surface area contributed by atoms with Gasteiger partial charge in [0.15, 0.2) is 5.82 Å². The number of hydrogen-bond acceptors (Lipinski definition) is 6. The van der Waals surface area contributed by atoms with Gasteiger partial charge in [-0.05, 0) is 30.0 Å². The van der Waals surface area contributed by atoms with Gasteiger partial charge in [-0.25, -0.2) is 0 Å². The van der Waals surface area contributed by atoms with Crippen molar-refractivity contribution in [2.75, 3.05) is 0 Å². The topological polar surface area (TPSA) is 115 Å². The van der Waals surface area contributed by atoms with Gasteiger partial charge in [-0.15, -0.1) is 0 Å². The molecule has 1 saturated carbocycles. The monoisotopic (exact) mass is 464 g/mol. The average Bonchev–Trinajstić information content (AvgIpc) is 3.46. The Labute approximate surface area is 199 Å². The van der Waals surface area contributed by atoms with Crippen molar-refractivity contribution in [2.45, 2.75) is 76.9 Å². The summed E-state index contributed by atoms with van der Waals surface area (Å²) in [4.78, 5) is 28.8. The smallest absolute Gasteiger partial charge is 0.227 e. The SMILES string of the molecule is CC(=O)NC1(c2noc(CCC(=O)NCc3cccc(Cn4cccn4)c3)n2)CCCCCC1. The molecule has 2 amide bonds. The third-order valence-corrected chi connectivity index (χ3v) is 6.22. The second kappa shape index (κ2) is 11.1. The fraction of sp³-hybridized carbons (Fsp3) is 0.480. The van der Waals surface area contributed by atoms with Crippen LogP contribution in [0.5, 0.6) is 0 Å². The lowest BCUT2D eigenvalue weighted by atomic mass is 9.89. The van der Waals surface area contributed by atoms with Gasteiger partial charge >= 0.3 is 0 Å². The van der Waals surface area contributed by atoms with Gasteiger partial charge in [0.05, 0.1) is 6.54 Å². The maximum Gasteiger partial charge on any atom is 0.227 e. The van der Waals surface area contributed by atoms with Gasteiger partial charge in [0, 0.05) is 38.7 Å². The van der Waals surface area contributed by atoms with E-state index in [1.54, 1.807) is 6.20 Å². The lowest BCUT2D eigenvalue weighted by Gasteiger charge is -2.30. The third kappa shape index (κ3) is 6.30. The molecule has 2 heterocycles. The maximum atomic E-state index is 12.4. The van der Waals surface area contributed by atoms with Crippen molar-refractivity contribution >= 4 is 11.8 Å². The molecule has 0 aliphatic heterocycles. The van der Waals surface area contributed by atoms with Gasteiger partial charge in [0.1, 0.15) is 5.54 Å². The highest BCUT2D eigenvalue weighted by molar-refractivity contribution is 5.76. The van der Waals surface area contributed by atoms with Crippen LogP contribution in [-0.2, 0) is 34.6 Å². The van der Waals surface area contributed by atoms with Crippen LogP contribution in [0.2, 0.25) is 0 Å². The van der Waals surface area contributed by atoms with Crippen LogP contribution in [0.15, 0.2) is 47.2 Å². The van der Waals surface area contributed by atoms with E-state index in [2.05, 4.69) is 31.9 Å². The highest BCUT2D eigenvalue weighted by Gasteiger charge is 2.38. The van der Waals surface area contributed by atoms with E-state index in [0.717, 1.165) is 49.7 Å². The lowest BCUT2D eigenvalue weighted by Crippen LogP contribution is -2.45. The Morgan fingerprint density at radius 3 is 2.65 bits per heavy atom. The number of benzene rings is 1. The van der Waals surface area contributed by atoms with Gasteiger partial charge in [0.2, 0.25) is 17.7 Å². The zero-order valence-electron chi connectivity index (χ0n) is 19.6. The molecule has 1 fully saturated rings. The second-order valence-electron chi connectivity index (χ2n) is 8.99. The van der Waals surface area contributed by atoms with Crippen molar-refractivity contribution in [3.8, 4) is 0 Å². The van der Waals surface area contributed by atoms with Crippen LogP contribution >= 0.6 is 0 Å².